The fraction of sp³-hybridized carbons (Fsp3) is 0.643. The molecule has 0 unspecified atom stereocenters. The van der Waals surface area contributed by atoms with Crippen molar-refractivity contribution in [2.75, 3.05) is 24.6 Å². The molecule has 2 N–H and O–H groups in total. The van der Waals surface area contributed by atoms with E-state index < -0.39 is 0 Å². The van der Waals surface area contributed by atoms with Gasteiger partial charge in [-0.25, -0.2) is 4.98 Å². The molecule has 0 atom stereocenters. The lowest BCUT2D eigenvalue weighted by molar-refractivity contribution is 0.282. The maximum atomic E-state index is 9.25. The standard InChI is InChI=1S/C14H23N3O/c1-2-15-11-12-5-4-8-16-14(12)17(9-10-18)13-6-3-7-13/h4-5,8,13,15,18H,2-3,6-7,9-11H2,1H3. The number of aliphatic hydroxyl groups is 1. The third-order valence-electron chi connectivity index (χ3n) is 3.56. The zero-order valence-corrected chi connectivity index (χ0v) is 11.1. The smallest absolute Gasteiger partial charge is 0.133 e. The van der Waals surface area contributed by atoms with Gasteiger partial charge >= 0.3 is 0 Å². The molecule has 18 heavy (non-hydrogen) atoms. The third-order valence-corrected chi connectivity index (χ3v) is 3.56. The Labute approximate surface area is 109 Å². The van der Waals surface area contributed by atoms with E-state index in [1.807, 2.05) is 12.3 Å². The van der Waals surface area contributed by atoms with Gasteiger partial charge in [0.1, 0.15) is 5.82 Å². The molecular formula is C14H23N3O. The zero-order chi connectivity index (χ0) is 12.8. The van der Waals surface area contributed by atoms with Crippen LogP contribution in [0.15, 0.2) is 18.3 Å². The quantitative estimate of drug-likeness (QED) is 0.769. The summed E-state index contributed by atoms with van der Waals surface area (Å²) in [5.74, 6) is 1.04. The lowest BCUT2D eigenvalue weighted by Gasteiger charge is -2.39. The van der Waals surface area contributed by atoms with E-state index in [4.69, 9.17) is 0 Å². The molecule has 0 aromatic carbocycles. The fourth-order valence-electron chi connectivity index (χ4n) is 2.35. The summed E-state index contributed by atoms with van der Waals surface area (Å²) in [5.41, 5.74) is 1.22. The molecule has 0 saturated heterocycles. The number of aromatic nitrogens is 1. The molecule has 2 rings (SSSR count). The molecule has 1 fully saturated rings. The van der Waals surface area contributed by atoms with Crippen LogP contribution in [-0.4, -0.2) is 35.8 Å². The largest absolute Gasteiger partial charge is 0.395 e. The first-order chi connectivity index (χ1) is 8.86. The first-order valence-corrected chi connectivity index (χ1v) is 6.89. The first kappa shape index (κ1) is 13.3. The number of rotatable bonds is 7. The number of nitrogens with one attached hydrogen (secondary N) is 1. The molecule has 0 aliphatic heterocycles. The van der Waals surface area contributed by atoms with Gasteiger partial charge in [-0.15, -0.1) is 0 Å². The van der Waals surface area contributed by atoms with Crippen LogP contribution < -0.4 is 10.2 Å². The van der Waals surface area contributed by atoms with Crippen LogP contribution in [0.5, 0.6) is 0 Å². The average molecular weight is 249 g/mol. The van der Waals surface area contributed by atoms with Gasteiger partial charge in [-0.3, -0.25) is 0 Å². The maximum absolute atomic E-state index is 9.25. The van der Waals surface area contributed by atoms with Gasteiger partial charge in [0.15, 0.2) is 0 Å². The van der Waals surface area contributed by atoms with Crippen LogP contribution in [0.2, 0.25) is 0 Å². The number of aliphatic hydroxyl groups excluding tert-OH is 1. The molecule has 0 amide bonds. The van der Waals surface area contributed by atoms with Gasteiger partial charge in [0.2, 0.25) is 0 Å². The highest BCUT2D eigenvalue weighted by Gasteiger charge is 2.26. The van der Waals surface area contributed by atoms with Crippen molar-refractivity contribution in [3.8, 4) is 0 Å². The van der Waals surface area contributed by atoms with Crippen LogP contribution in [0, 0.1) is 0 Å². The second-order valence-electron chi connectivity index (χ2n) is 4.77. The molecule has 100 valence electrons. The van der Waals surface area contributed by atoms with Crippen LogP contribution >= 0.6 is 0 Å². The molecule has 0 bridgehead atoms. The molecular weight excluding hydrogens is 226 g/mol. The minimum Gasteiger partial charge on any atom is -0.395 e. The van der Waals surface area contributed by atoms with Gasteiger partial charge in [0.25, 0.3) is 0 Å². The monoisotopic (exact) mass is 249 g/mol. The molecule has 1 saturated carbocycles. The number of hydrogen-bond donors (Lipinski definition) is 2. The highest BCUT2D eigenvalue weighted by atomic mass is 16.3. The predicted molar refractivity (Wildman–Crippen MR) is 73.7 cm³/mol. The fourth-order valence-corrected chi connectivity index (χ4v) is 2.35. The van der Waals surface area contributed by atoms with Crippen molar-refractivity contribution in [3.05, 3.63) is 23.9 Å². The van der Waals surface area contributed by atoms with Gasteiger partial charge in [-0.2, -0.15) is 0 Å². The number of pyridine rings is 1. The maximum Gasteiger partial charge on any atom is 0.133 e. The summed E-state index contributed by atoms with van der Waals surface area (Å²) in [7, 11) is 0. The Morgan fingerprint density at radius 2 is 2.33 bits per heavy atom. The van der Waals surface area contributed by atoms with Gasteiger partial charge in [-0.1, -0.05) is 13.0 Å². The van der Waals surface area contributed by atoms with E-state index in [-0.39, 0.29) is 6.61 Å². The second kappa shape index (κ2) is 6.71. The summed E-state index contributed by atoms with van der Waals surface area (Å²) < 4.78 is 0. The Morgan fingerprint density at radius 3 is 2.94 bits per heavy atom. The van der Waals surface area contributed by atoms with Crippen LogP contribution in [0.4, 0.5) is 5.82 Å². The van der Waals surface area contributed by atoms with E-state index in [1.54, 1.807) is 0 Å². The Bertz CT molecular complexity index is 366. The Hall–Kier alpha value is -1.13. The van der Waals surface area contributed by atoms with E-state index in [0.717, 1.165) is 18.9 Å². The minimum absolute atomic E-state index is 0.188. The third kappa shape index (κ3) is 3.00. The van der Waals surface area contributed by atoms with Crippen molar-refractivity contribution >= 4 is 5.82 Å². The molecule has 4 heteroatoms. The predicted octanol–water partition coefficient (Wildman–Crippen LogP) is 1.54. The van der Waals surface area contributed by atoms with Crippen molar-refractivity contribution in [2.24, 2.45) is 0 Å². The summed E-state index contributed by atoms with van der Waals surface area (Å²) in [6.07, 6.45) is 5.57. The van der Waals surface area contributed by atoms with Crippen LogP contribution in [0.3, 0.4) is 0 Å². The number of anilines is 1. The number of hydrogen-bond acceptors (Lipinski definition) is 4. The molecule has 4 nitrogen and oxygen atoms in total. The molecule has 0 radical (unpaired) electrons. The lowest BCUT2D eigenvalue weighted by Crippen LogP contribution is -2.43. The summed E-state index contributed by atoms with van der Waals surface area (Å²) >= 11 is 0. The SMILES string of the molecule is CCNCc1cccnc1N(CCO)C1CCC1. The molecule has 1 aliphatic carbocycles. The van der Waals surface area contributed by atoms with Gasteiger partial charge in [0.05, 0.1) is 6.61 Å². The molecule has 1 aliphatic rings. The van der Waals surface area contributed by atoms with E-state index >= 15 is 0 Å². The summed E-state index contributed by atoms with van der Waals surface area (Å²) in [6, 6.07) is 4.66. The van der Waals surface area contributed by atoms with Crippen molar-refractivity contribution < 1.29 is 5.11 Å². The zero-order valence-electron chi connectivity index (χ0n) is 11.1. The van der Waals surface area contributed by atoms with Crippen LogP contribution in [-0.2, 0) is 6.54 Å². The van der Waals surface area contributed by atoms with E-state index in [1.165, 1.54) is 24.8 Å². The van der Waals surface area contributed by atoms with Gasteiger partial charge < -0.3 is 15.3 Å². The highest BCUT2D eigenvalue weighted by Crippen LogP contribution is 2.29. The topological polar surface area (TPSA) is 48.4 Å². The molecule has 0 spiro atoms. The Morgan fingerprint density at radius 1 is 1.50 bits per heavy atom. The van der Waals surface area contributed by atoms with Crippen molar-refractivity contribution in [1.82, 2.24) is 10.3 Å². The van der Waals surface area contributed by atoms with Crippen LogP contribution in [0.25, 0.3) is 0 Å². The summed E-state index contributed by atoms with van der Waals surface area (Å²) in [5, 5.41) is 12.6. The van der Waals surface area contributed by atoms with Crippen molar-refractivity contribution in [3.63, 3.8) is 0 Å². The molecule has 1 heterocycles. The van der Waals surface area contributed by atoms with Crippen molar-refractivity contribution in [1.29, 1.82) is 0 Å². The minimum atomic E-state index is 0.188. The Kier molecular flexibility index (Phi) is 4.96. The van der Waals surface area contributed by atoms with E-state index in [9.17, 15) is 5.11 Å². The first-order valence-electron chi connectivity index (χ1n) is 6.89. The summed E-state index contributed by atoms with van der Waals surface area (Å²) in [4.78, 5) is 6.80. The van der Waals surface area contributed by atoms with Crippen LogP contribution in [0.1, 0.15) is 31.7 Å². The average Bonchev–Trinajstić information content (AvgIpc) is 2.34. The summed E-state index contributed by atoms with van der Waals surface area (Å²) in [6.45, 7) is 4.77. The normalized spacial score (nSPS) is 15.4. The van der Waals surface area contributed by atoms with E-state index in [2.05, 4.69) is 28.2 Å². The number of nitrogens with zero attached hydrogens (tertiary/aromatic N) is 2. The molecule has 1 aromatic heterocycles. The second-order valence-corrected chi connectivity index (χ2v) is 4.77. The van der Waals surface area contributed by atoms with Gasteiger partial charge in [0, 0.05) is 30.9 Å². The van der Waals surface area contributed by atoms with E-state index in [0.29, 0.717) is 12.6 Å². The molecule has 1 aromatic rings. The van der Waals surface area contributed by atoms with Crippen molar-refractivity contribution in [2.45, 2.75) is 38.8 Å². The van der Waals surface area contributed by atoms with Gasteiger partial charge in [-0.05, 0) is 31.9 Å². The Balaban J connectivity index is 2.16. The lowest BCUT2D eigenvalue weighted by atomic mass is 9.91. The highest BCUT2D eigenvalue weighted by molar-refractivity contribution is 5.48.